The molecule has 3 atom stereocenters. The van der Waals surface area contributed by atoms with Crippen LogP contribution in [-0.4, -0.2) is 67.4 Å². The van der Waals surface area contributed by atoms with Crippen LogP contribution in [0.2, 0.25) is 5.02 Å². The van der Waals surface area contributed by atoms with Gasteiger partial charge in [0.25, 0.3) is 0 Å². The quantitative estimate of drug-likeness (QED) is 0.313. The van der Waals surface area contributed by atoms with Gasteiger partial charge >= 0.3 is 0 Å². The monoisotopic (exact) mass is 547 g/mol. The minimum atomic E-state index is -4.07. The Balaban J connectivity index is 1.74. The molecule has 0 saturated carbocycles. The first kappa shape index (κ1) is 26.4. The van der Waals surface area contributed by atoms with Gasteiger partial charge in [-0.15, -0.1) is 10.2 Å². The van der Waals surface area contributed by atoms with E-state index in [2.05, 4.69) is 35.0 Å². The highest BCUT2D eigenvalue weighted by molar-refractivity contribution is 7.93. The van der Waals surface area contributed by atoms with Crippen LogP contribution in [0.25, 0.3) is 11.5 Å². The van der Waals surface area contributed by atoms with Gasteiger partial charge in [-0.1, -0.05) is 17.7 Å². The lowest BCUT2D eigenvalue weighted by Crippen LogP contribution is -2.33. The first-order chi connectivity index (χ1) is 17.6. The van der Waals surface area contributed by atoms with Crippen molar-refractivity contribution in [2.75, 3.05) is 18.9 Å². The fourth-order valence-electron chi connectivity index (χ4n) is 3.72. The molecule has 0 fully saturated rings. The van der Waals surface area contributed by atoms with Gasteiger partial charge < -0.3 is 9.47 Å². The summed E-state index contributed by atoms with van der Waals surface area (Å²) in [6.45, 7) is 3.37. The maximum absolute atomic E-state index is 13.5. The zero-order valence-corrected chi connectivity index (χ0v) is 22.3. The van der Waals surface area contributed by atoms with E-state index in [1.165, 1.54) is 33.5 Å². The van der Waals surface area contributed by atoms with E-state index in [0.29, 0.717) is 22.4 Å². The number of sulfonamides is 1. The highest BCUT2D eigenvalue weighted by atomic mass is 35.5. The van der Waals surface area contributed by atoms with Gasteiger partial charge in [-0.2, -0.15) is 5.10 Å². The normalized spacial score (nSPS) is 14.2. The number of anilines is 1. The first-order valence-electron chi connectivity index (χ1n) is 11.1. The minimum Gasteiger partial charge on any atom is -0.481 e. The smallest absolute Gasteiger partial charge is 0.240 e. The van der Waals surface area contributed by atoms with E-state index < -0.39 is 27.4 Å². The molecule has 4 aromatic rings. The zero-order chi connectivity index (χ0) is 26.7. The molecule has 13 nitrogen and oxygen atoms in total. The fraction of sp³-hybridized carbons (Fsp3) is 0.364. The van der Waals surface area contributed by atoms with Crippen molar-refractivity contribution in [1.82, 2.24) is 39.5 Å². The third-order valence-electron chi connectivity index (χ3n) is 5.75. The molecule has 0 aliphatic carbocycles. The van der Waals surface area contributed by atoms with Gasteiger partial charge in [0, 0.05) is 44.4 Å². The van der Waals surface area contributed by atoms with Crippen LogP contribution in [0, 0.1) is 0 Å². The van der Waals surface area contributed by atoms with E-state index in [-0.39, 0.29) is 11.8 Å². The SMILES string of the molecule is COc1cccc(-c2nnc(NS(=O)(=O)[C@@H](C)[C@H](OC)c3ncc(Cl)cn3)n2[C@@H](C)c2cnn(C)c2)n1. The summed E-state index contributed by atoms with van der Waals surface area (Å²) in [4.78, 5) is 12.7. The molecule has 0 aromatic carbocycles. The molecule has 0 saturated heterocycles. The molecule has 4 aromatic heterocycles. The number of rotatable bonds is 10. The van der Waals surface area contributed by atoms with Crippen molar-refractivity contribution in [2.45, 2.75) is 31.2 Å². The number of pyridine rings is 1. The van der Waals surface area contributed by atoms with Gasteiger partial charge in [0.15, 0.2) is 11.6 Å². The molecule has 0 aliphatic heterocycles. The number of nitrogens with zero attached hydrogens (tertiary/aromatic N) is 8. The summed E-state index contributed by atoms with van der Waals surface area (Å²) < 4.78 is 43.6. The lowest BCUT2D eigenvalue weighted by Gasteiger charge is -2.23. The standard InChI is InChI=1S/C22H26ClN9O4S/c1-13(15-9-26-31(3)12-15)32-21(17-7-6-8-18(27-17)35-4)28-29-22(32)30-37(33,34)14(2)19(36-5)20-24-10-16(23)11-25-20/h6-14,19H,1-5H3,(H,29,30)/t13-,14-,19-/m0/s1. The number of nitrogens with one attached hydrogen (secondary N) is 1. The first-order valence-corrected chi connectivity index (χ1v) is 13.0. The zero-order valence-electron chi connectivity index (χ0n) is 20.8. The molecule has 4 rings (SSSR count). The van der Waals surface area contributed by atoms with E-state index in [1.54, 1.807) is 40.7 Å². The molecular formula is C22H26ClN9O4S. The molecule has 4 heterocycles. The third-order valence-corrected chi connectivity index (χ3v) is 7.64. The van der Waals surface area contributed by atoms with Crippen molar-refractivity contribution in [2.24, 2.45) is 7.05 Å². The van der Waals surface area contributed by atoms with Gasteiger partial charge in [-0.25, -0.2) is 23.4 Å². The Morgan fingerprint density at radius 1 is 1.08 bits per heavy atom. The van der Waals surface area contributed by atoms with Gasteiger partial charge in [0.05, 0.1) is 24.4 Å². The molecule has 1 N–H and O–H groups in total. The Hall–Kier alpha value is -3.62. The lowest BCUT2D eigenvalue weighted by molar-refractivity contribution is 0.0950. The van der Waals surface area contributed by atoms with Crippen molar-refractivity contribution < 1.29 is 17.9 Å². The number of aryl methyl sites for hydroxylation is 1. The fourth-order valence-corrected chi connectivity index (χ4v) is 4.95. The van der Waals surface area contributed by atoms with E-state index in [0.717, 1.165) is 5.56 Å². The summed E-state index contributed by atoms with van der Waals surface area (Å²) in [6, 6.07) is 4.79. The summed E-state index contributed by atoms with van der Waals surface area (Å²) in [6.07, 6.45) is 5.30. The van der Waals surface area contributed by atoms with E-state index in [9.17, 15) is 8.42 Å². The second kappa shape index (κ2) is 10.8. The number of hydrogen-bond donors (Lipinski definition) is 1. The molecule has 0 bridgehead atoms. The summed E-state index contributed by atoms with van der Waals surface area (Å²) >= 11 is 5.87. The van der Waals surface area contributed by atoms with Crippen molar-refractivity contribution in [3.63, 3.8) is 0 Å². The van der Waals surface area contributed by atoms with E-state index in [1.807, 2.05) is 13.1 Å². The van der Waals surface area contributed by atoms with Crippen molar-refractivity contribution in [3.8, 4) is 17.4 Å². The Morgan fingerprint density at radius 3 is 2.43 bits per heavy atom. The topological polar surface area (TPSA) is 152 Å². The van der Waals surface area contributed by atoms with Crippen LogP contribution >= 0.6 is 11.6 Å². The molecule has 0 amide bonds. The Labute approximate surface area is 218 Å². The second-order valence-electron chi connectivity index (χ2n) is 8.17. The summed E-state index contributed by atoms with van der Waals surface area (Å²) in [5, 5.41) is 11.9. The van der Waals surface area contributed by atoms with E-state index >= 15 is 0 Å². The van der Waals surface area contributed by atoms with Crippen LogP contribution in [-0.2, 0) is 21.8 Å². The molecule has 196 valence electrons. The number of ether oxygens (including phenoxy) is 2. The molecular weight excluding hydrogens is 522 g/mol. The molecule has 0 unspecified atom stereocenters. The predicted molar refractivity (Wildman–Crippen MR) is 136 cm³/mol. The van der Waals surface area contributed by atoms with Crippen molar-refractivity contribution in [1.29, 1.82) is 0 Å². The largest absolute Gasteiger partial charge is 0.481 e. The maximum Gasteiger partial charge on any atom is 0.240 e. The average Bonchev–Trinajstić information content (AvgIpc) is 3.51. The van der Waals surface area contributed by atoms with Crippen LogP contribution < -0.4 is 9.46 Å². The van der Waals surface area contributed by atoms with Crippen LogP contribution in [0.3, 0.4) is 0 Å². The third kappa shape index (κ3) is 5.55. The lowest BCUT2D eigenvalue weighted by atomic mass is 10.2. The summed E-state index contributed by atoms with van der Waals surface area (Å²) in [5.74, 6) is 0.888. The Bertz CT molecular complexity index is 1470. The number of aromatic nitrogens is 8. The average molecular weight is 548 g/mol. The Morgan fingerprint density at radius 2 is 1.81 bits per heavy atom. The molecule has 37 heavy (non-hydrogen) atoms. The van der Waals surface area contributed by atoms with Crippen molar-refractivity contribution in [3.05, 3.63) is 59.4 Å². The van der Waals surface area contributed by atoms with Crippen LogP contribution in [0.15, 0.2) is 43.0 Å². The molecule has 0 aliphatic rings. The van der Waals surface area contributed by atoms with Gasteiger partial charge in [0.2, 0.25) is 21.9 Å². The number of methoxy groups -OCH3 is 2. The maximum atomic E-state index is 13.5. The highest BCUT2D eigenvalue weighted by Gasteiger charge is 2.35. The summed E-state index contributed by atoms with van der Waals surface area (Å²) in [7, 11) is 0.608. The second-order valence-corrected chi connectivity index (χ2v) is 10.6. The van der Waals surface area contributed by atoms with Gasteiger partial charge in [0.1, 0.15) is 17.0 Å². The van der Waals surface area contributed by atoms with E-state index in [4.69, 9.17) is 21.1 Å². The van der Waals surface area contributed by atoms with Crippen LogP contribution in [0.1, 0.15) is 37.4 Å². The molecule has 0 spiro atoms. The minimum absolute atomic E-state index is 0.00491. The highest BCUT2D eigenvalue weighted by Crippen LogP contribution is 2.31. The predicted octanol–water partition coefficient (Wildman–Crippen LogP) is 2.65. The van der Waals surface area contributed by atoms with Crippen LogP contribution in [0.5, 0.6) is 5.88 Å². The number of hydrogen-bond acceptors (Lipinski definition) is 10. The molecule has 0 radical (unpaired) electrons. The summed E-state index contributed by atoms with van der Waals surface area (Å²) in [5.41, 5.74) is 1.26. The molecule has 15 heteroatoms. The van der Waals surface area contributed by atoms with Crippen LogP contribution in [0.4, 0.5) is 5.95 Å². The number of halogens is 1. The van der Waals surface area contributed by atoms with Gasteiger partial charge in [-0.3, -0.25) is 14.0 Å². The Kier molecular flexibility index (Phi) is 7.71. The van der Waals surface area contributed by atoms with Gasteiger partial charge in [-0.05, 0) is 19.9 Å². The van der Waals surface area contributed by atoms with Crippen molar-refractivity contribution >= 4 is 27.6 Å².